The summed E-state index contributed by atoms with van der Waals surface area (Å²) in [7, 11) is 0. The van der Waals surface area contributed by atoms with Crippen molar-refractivity contribution in [3.63, 3.8) is 0 Å². The number of nitrogens with one attached hydrogen (secondary N) is 1. The number of carbonyl (C=O) groups excluding carboxylic acids is 2. The molecule has 3 aromatic rings. The van der Waals surface area contributed by atoms with E-state index in [2.05, 4.69) is 5.32 Å². The normalized spacial score (nSPS) is 10.8. The number of halogens is 1. The molecule has 9 nitrogen and oxygen atoms in total. The smallest absolute Gasteiger partial charge is 0.343 e. The summed E-state index contributed by atoms with van der Waals surface area (Å²) in [5.74, 6) is -0.963. The van der Waals surface area contributed by atoms with E-state index >= 15 is 0 Å². The van der Waals surface area contributed by atoms with Gasteiger partial charge in [-0.05, 0) is 55.8 Å². The quantitative estimate of drug-likeness (QED) is 0.103. The molecule has 0 spiro atoms. The van der Waals surface area contributed by atoms with Crippen molar-refractivity contribution in [1.82, 2.24) is 0 Å². The summed E-state index contributed by atoms with van der Waals surface area (Å²) >= 11 is 6.02. The third-order valence-electron chi connectivity index (χ3n) is 4.84. The predicted octanol–water partition coefficient (Wildman–Crippen LogP) is 5.72. The second-order valence-electron chi connectivity index (χ2n) is 7.44. The lowest BCUT2D eigenvalue weighted by molar-refractivity contribution is -0.384. The van der Waals surface area contributed by atoms with Crippen LogP contribution >= 0.6 is 11.6 Å². The van der Waals surface area contributed by atoms with Gasteiger partial charge in [0.2, 0.25) is 0 Å². The van der Waals surface area contributed by atoms with Crippen LogP contribution in [0.2, 0.25) is 5.02 Å². The van der Waals surface area contributed by atoms with Gasteiger partial charge in [0.25, 0.3) is 11.6 Å². The Morgan fingerprint density at radius 2 is 1.83 bits per heavy atom. The largest absolute Gasteiger partial charge is 0.490 e. The Kier molecular flexibility index (Phi) is 8.39. The summed E-state index contributed by atoms with van der Waals surface area (Å²) in [6.45, 7) is 3.94. The van der Waals surface area contributed by atoms with Crippen molar-refractivity contribution in [2.24, 2.45) is 0 Å². The Hall–Kier alpha value is -4.68. The summed E-state index contributed by atoms with van der Waals surface area (Å²) in [4.78, 5) is 35.5. The summed E-state index contributed by atoms with van der Waals surface area (Å²) in [5, 5.41) is 23.0. The van der Waals surface area contributed by atoms with E-state index in [9.17, 15) is 25.0 Å². The molecule has 3 rings (SSSR count). The number of aryl methyl sites for hydroxylation is 1. The molecule has 0 bridgehead atoms. The van der Waals surface area contributed by atoms with Crippen LogP contribution in [-0.2, 0) is 4.79 Å². The first-order chi connectivity index (χ1) is 17.2. The molecule has 0 aliphatic carbocycles. The van der Waals surface area contributed by atoms with Gasteiger partial charge in [0.05, 0.1) is 27.8 Å². The highest BCUT2D eigenvalue weighted by Crippen LogP contribution is 2.31. The van der Waals surface area contributed by atoms with Gasteiger partial charge in [-0.2, -0.15) is 5.26 Å². The van der Waals surface area contributed by atoms with Gasteiger partial charge < -0.3 is 14.8 Å². The zero-order valence-electron chi connectivity index (χ0n) is 19.3. The van der Waals surface area contributed by atoms with E-state index in [1.54, 1.807) is 43.3 Å². The number of hydrogen-bond donors (Lipinski definition) is 1. The van der Waals surface area contributed by atoms with Crippen LogP contribution in [0.25, 0.3) is 6.08 Å². The zero-order chi connectivity index (χ0) is 26.2. The van der Waals surface area contributed by atoms with Crippen LogP contribution in [0.15, 0.2) is 66.2 Å². The number of anilines is 1. The molecule has 0 atom stereocenters. The molecule has 0 aliphatic rings. The van der Waals surface area contributed by atoms with Crippen LogP contribution in [0, 0.1) is 28.4 Å². The Bertz CT molecular complexity index is 1390. The molecule has 0 aliphatic heterocycles. The van der Waals surface area contributed by atoms with E-state index in [4.69, 9.17) is 21.1 Å². The molecular weight excluding hydrogens is 486 g/mol. The van der Waals surface area contributed by atoms with Gasteiger partial charge in [0, 0.05) is 12.1 Å². The first-order valence-electron chi connectivity index (χ1n) is 10.6. The van der Waals surface area contributed by atoms with Crippen LogP contribution in [0.3, 0.4) is 0 Å². The monoisotopic (exact) mass is 505 g/mol. The zero-order valence-corrected chi connectivity index (χ0v) is 20.0. The topological polar surface area (TPSA) is 132 Å². The number of non-ortho nitro benzene ring substituents is 1. The van der Waals surface area contributed by atoms with E-state index in [-0.39, 0.29) is 40.1 Å². The maximum absolute atomic E-state index is 12.7. The van der Waals surface area contributed by atoms with Crippen molar-refractivity contribution in [3.8, 4) is 17.6 Å². The summed E-state index contributed by atoms with van der Waals surface area (Å²) in [6.07, 6.45) is 1.30. The molecule has 0 unspecified atom stereocenters. The molecule has 182 valence electrons. The van der Waals surface area contributed by atoms with Gasteiger partial charge in [0.1, 0.15) is 11.6 Å². The molecule has 36 heavy (non-hydrogen) atoms. The van der Waals surface area contributed by atoms with Gasteiger partial charge in [-0.15, -0.1) is 0 Å². The standard InChI is InChI=1S/C26H20ClN3O6/c1-3-35-24-13-17(6-11-23(24)36-26(32)18-7-4-16(2)5-8-18)12-19(15-28)25(31)29-22-14-20(30(33)34)9-10-21(22)27/h4-14H,3H2,1-2H3,(H,29,31)/b19-12+. The third kappa shape index (κ3) is 6.46. The Morgan fingerprint density at radius 1 is 1.11 bits per heavy atom. The highest BCUT2D eigenvalue weighted by molar-refractivity contribution is 6.34. The number of nitro groups is 1. The lowest BCUT2D eigenvalue weighted by Gasteiger charge is -2.12. The highest BCUT2D eigenvalue weighted by Gasteiger charge is 2.17. The minimum atomic E-state index is -0.812. The molecule has 10 heteroatoms. The molecule has 0 saturated heterocycles. The van der Waals surface area contributed by atoms with Crippen molar-refractivity contribution in [1.29, 1.82) is 5.26 Å². The fourth-order valence-electron chi connectivity index (χ4n) is 3.04. The first kappa shape index (κ1) is 25.9. The lowest BCUT2D eigenvalue weighted by atomic mass is 10.1. The van der Waals surface area contributed by atoms with Gasteiger partial charge >= 0.3 is 5.97 Å². The molecule has 0 aromatic heterocycles. The molecule has 0 saturated carbocycles. The van der Waals surface area contributed by atoms with Crippen molar-refractivity contribution in [3.05, 3.63) is 98.1 Å². The minimum Gasteiger partial charge on any atom is -0.490 e. The molecule has 1 amide bonds. The van der Waals surface area contributed by atoms with Crippen LogP contribution in [0.5, 0.6) is 11.5 Å². The van der Waals surface area contributed by atoms with Crippen molar-refractivity contribution >= 4 is 40.9 Å². The van der Waals surface area contributed by atoms with Crippen LogP contribution in [-0.4, -0.2) is 23.4 Å². The van der Waals surface area contributed by atoms with Gasteiger partial charge in [-0.1, -0.05) is 35.4 Å². The number of amides is 1. The highest BCUT2D eigenvalue weighted by atomic mass is 35.5. The maximum Gasteiger partial charge on any atom is 0.343 e. The molecule has 0 fully saturated rings. The number of nitro benzene ring substituents is 1. The number of nitrogens with zero attached hydrogens (tertiary/aromatic N) is 2. The van der Waals surface area contributed by atoms with E-state index < -0.39 is 16.8 Å². The van der Waals surface area contributed by atoms with Crippen molar-refractivity contribution in [2.75, 3.05) is 11.9 Å². The minimum absolute atomic E-state index is 0.00890. The summed E-state index contributed by atoms with van der Waals surface area (Å²) in [5.41, 5.74) is 1.23. The van der Waals surface area contributed by atoms with Gasteiger partial charge in [-0.3, -0.25) is 14.9 Å². The number of nitriles is 1. The van der Waals surface area contributed by atoms with Crippen LogP contribution < -0.4 is 14.8 Å². The number of benzene rings is 3. The fraction of sp³-hybridized carbons (Fsp3) is 0.115. The molecule has 3 aromatic carbocycles. The molecule has 1 N–H and O–H groups in total. The Labute approximate surface area is 211 Å². The average molecular weight is 506 g/mol. The van der Waals surface area contributed by atoms with E-state index in [1.165, 1.54) is 30.3 Å². The second-order valence-corrected chi connectivity index (χ2v) is 7.85. The number of ether oxygens (including phenoxy) is 2. The second kappa shape index (κ2) is 11.6. The Balaban J connectivity index is 1.84. The first-order valence-corrected chi connectivity index (χ1v) is 11.0. The summed E-state index contributed by atoms with van der Waals surface area (Å²) < 4.78 is 11.1. The lowest BCUT2D eigenvalue weighted by Crippen LogP contribution is -2.14. The number of esters is 1. The fourth-order valence-corrected chi connectivity index (χ4v) is 3.21. The van der Waals surface area contributed by atoms with E-state index in [0.717, 1.165) is 11.6 Å². The average Bonchev–Trinajstić information content (AvgIpc) is 2.85. The SMILES string of the molecule is CCOc1cc(/C=C(\C#N)C(=O)Nc2cc([N+](=O)[O-])ccc2Cl)ccc1OC(=O)c1ccc(C)cc1. The maximum atomic E-state index is 12.7. The molecular formula is C26H20ClN3O6. The van der Waals surface area contributed by atoms with Crippen molar-refractivity contribution in [2.45, 2.75) is 13.8 Å². The van der Waals surface area contributed by atoms with E-state index in [1.807, 2.05) is 6.92 Å². The summed E-state index contributed by atoms with van der Waals surface area (Å²) in [6, 6.07) is 16.8. The predicted molar refractivity (Wildman–Crippen MR) is 134 cm³/mol. The molecule has 0 radical (unpaired) electrons. The van der Waals surface area contributed by atoms with Crippen LogP contribution in [0.4, 0.5) is 11.4 Å². The van der Waals surface area contributed by atoms with Gasteiger partial charge in [0.15, 0.2) is 11.5 Å². The van der Waals surface area contributed by atoms with Crippen molar-refractivity contribution < 1.29 is 24.0 Å². The number of carbonyl (C=O) groups is 2. The van der Waals surface area contributed by atoms with Crippen LogP contribution in [0.1, 0.15) is 28.4 Å². The number of hydrogen-bond acceptors (Lipinski definition) is 7. The van der Waals surface area contributed by atoms with Gasteiger partial charge in [-0.25, -0.2) is 4.79 Å². The van der Waals surface area contributed by atoms with E-state index in [0.29, 0.717) is 11.1 Å². The number of rotatable bonds is 8. The third-order valence-corrected chi connectivity index (χ3v) is 5.17. The molecule has 0 heterocycles. The Morgan fingerprint density at radius 3 is 2.47 bits per heavy atom.